The van der Waals surface area contributed by atoms with Crippen LogP contribution in [0, 0.1) is 6.92 Å². The van der Waals surface area contributed by atoms with E-state index in [0.717, 1.165) is 16.8 Å². The molecule has 3 aromatic rings. The van der Waals surface area contributed by atoms with Gasteiger partial charge >= 0.3 is 0 Å². The van der Waals surface area contributed by atoms with Crippen molar-refractivity contribution in [3.05, 3.63) is 98.9 Å². The average Bonchev–Trinajstić information content (AvgIpc) is 2.65. The highest BCUT2D eigenvalue weighted by Gasteiger charge is 2.21. The zero-order valence-corrected chi connectivity index (χ0v) is 16.1. The van der Waals surface area contributed by atoms with Gasteiger partial charge in [-0.05, 0) is 55.3 Å². The summed E-state index contributed by atoms with van der Waals surface area (Å²) in [6.45, 7) is 4.69. The van der Waals surface area contributed by atoms with E-state index in [0.29, 0.717) is 18.1 Å². The van der Waals surface area contributed by atoms with Crippen LogP contribution < -0.4 is 10.5 Å². The second kappa shape index (κ2) is 8.23. The van der Waals surface area contributed by atoms with Crippen LogP contribution >= 0.6 is 11.6 Å². The number of hydrogen-bond donors (Lipinski definition) is 0. The maximum Gasteiger partial charge on any atom is 0.263 e. The second-order valence-corrected chi connectivity index (χ2v) is 6.76. The molecule has 2 aromatic carbocycles. The molecule has 0 saturated carbocycles. The molecule has 1 amide bonds. The number of carbonyl (C=O) groups excluding carboxylic acids is 1. The number of aryl methyl sites for hydroxylation is 1. The van der Waals surface area contributed by atoms with Crippen molar-refractivity contribution in [2.75, 3.05) is 11.4 Å². The lowest BCUT2D eigenvalue weighted by atomic mass is 10.1. The van der Waals surface area contributed by atoms with Gasteiger partial charge in [-0.1, -0.05) is 41.9 Å². The van der Waals surface area contributed by atoms with E-state index in [1.807, 2.05) is 56.3 Å². The Kier molecular flexibility index (Phi) is 5.77. The van der Waals surface area contributed by atoms with E-state index in [1.165, 1.54) is 4.57 Å². The standard InChI is InChI=1S/C22H21ClN2O2/c1-3-25(20-12-5-4-8-16(20)2)22(27)19-11-7-13-24(21(19)26)15-17-9-6-10-18(23)14-17/h4-14H,3,15H2,1-2H3. The van der Waals surface area contributed by atoms with Crippen LogP contribution in [0.3, 0.4) is 0 Å². The number of benzene rings is 2. The van der Waals surface area contributed by atoms with E-state index in [1.54, 1.807) is 29.3 Å². The van der Waals surface area contributed by atoms with Crippen molar-refractivity contribution in [3.8, 4) is 0 Å². The van der Waals surface area contributed by atoms with Crippen LogP contribution in [-0.2, 0) is 6.54 Å². The Labute approximate surface area is 163 Å². The largest absolute Gasteiger partial charge is 0.310 e. The summed E-state index contributed by atoms with van der Waals surface area (Å²) in [7, 11) is 0. The van der Waals surface area contributed by atoms with E-state index >= 15 is 0 Å². The predicted octanol–water partition coefficient (Wildman–Crippen LogP) is 4.53. The number of anilines is 1. The van der Waals surface area contributed by atoms with E-state index in [9.17, 15) is 9.59 Å². The van der Waals surface area contributed by atoms with E-state index in [-0.39, 0.29) is 17.0 Å². The van der Waals surface area contributed by atoms with Crippen molar-refractivity contribution in [3.63, 3.8) is 0 Å². The maximum atomic E-state index is 13.1. The highest BCUT2D eigenvalue weighted by atomic mass is 35.5. The Balaban J connectivity index is 1.96. The van der Waals surface area contributed by atoms with Gasteiger partial charge in [-0.3, -0.25) is 9.59 Å². The molecule has 0 radical (unpaired) electrons. The molecule has 0 bridgehead atoms. The minimum Gasteiger partial charge on any atom is -0.310 e. The number of carbonyl (C=O) groups is 1. The van der Waals surface area contributed by atoms with Crippen LogP contribution in [0.25, 0.3) is 0 Å². The molecule has 1 heterocycles. The van der Waals surface area contributed by atoms with Crippen molar-refractivity contribution in [1.29, 1.82) is 0 Å². The summed E-state index contributed by atoms with van der Waals surface area (Å²) < 4.78 is 1.53. The molecule has 0 aliphatic carbocycles. The summed E-state index contributed by atoms with van der Waals surface area (Å²) in [6, 6.07) is 18.3. The summed E-state index contributed by atoms with van der Waals surface area (Å²) in [5.41, 5.74) is 2.55. The first-order chi connectivity index (χ1) is 13.0. The van der Waals surface area contributed by atoms with Crippen LogP contribution in [0.5, 0.6) is 0 Å². The molecule has 0 atom stereocenters. The van der Waals surface area contributed by atoms with E-state index in [2.05, 4.69) is 0 Å². The molecular formula is C22H21ClN2O2. The lowest BCUT2D eigenvalue weighted by Crippen LogP contribution is -2.37. The first-order valence-corrected chi connectivity index (χ1v) is 9.20. The quantitative estimate of drug-likeness (QED) is 0.652. The number of rotatable bonds is 5. The van der Waals surface area contributed by atoms with E-state index < -0.39 is 0 Å². The van der Waals surface area contributed by atoms with Gasteiger partial charge in [0.1, 0.15) is 5.56 Å². The van der Waals surface area contributed by atoms with Gasteiger partial charge in [0.15, 0.2) is 0 Å². The smallest absolute Gasteiger partial charge is 0.263 e. The van der Waals surface area contributed by atoms with Crippen LogP contribution in [0.4, 0.5) is 5.69 Å². The molecule has 5 heteroatoms. The molecule has 0 aliphatic rings. The predicted molar refractivity (Wildman–Crippen MR) is 110 cm³/mol. The number of hydrogen-bond acceptors (Lipinski definition) is 2. The Hall–Kier alpha value is -2.85. The topological polar surface area (TPSA) is 42.3 Å². The first kappa shape index (κ1) is 18.9. The van der Waals surface area contributed by atoms with Crippen molar-refractivity contribution in [2.24, 2.45) is 0 Å². The summed E-state index contributed by atoms with van der Waals surface area (Å²) in [4.78, 5) is 27.7. The van der Waals surface area contributed by atoms with Gasteiger partial charge in [0, 0.05) is 23.5 Å². The third kappa shape index (κ3) is 4.12. The third-order valence-electron chi connectivity index (χ3n) is 4.46. The monoisotopic (exact) mass is 380 g/mol. The van der Waals surface area contributed by atoms with Crippen molar-refractivity contribution < 1.29 is 4.79 Å². The van der Waals surface area contributed by atoms with Gasteiger partial charge in [0.25, 0.3) is 11.5 Å². The van der Waals surface area contributed by atoms with Crippen LogP contribution in [-0.4, -0.2) is 17.0 Å². The number of aromatic nitrogens is 1. The molecule has 0 unspecified atom stereocenters. The molecule has 27 heavy (non-hydrogen) atoms. The van der Waals surface area contributed by atoms with Crippen molar-refractivity contribution in [2.45, 2.75) is 20.4 Å². The number of pyridine rings is 1. The zero-order chi connectivity index (χ0) is 19.4. The fourth-order valence-electron chi connectivity index (χ4n) is 3.09. The second-order valence-electron chi connectivity index (χ2n) is 6.32. The maximum absolute atomic E-state index is 13.1. The summed E-state index contributed by atoms with van der Waals surface area (Å²) in [5.74, 6) is -0.294. The third-order valence-corrected chi connectivity index (χ3v) is 4.70. The molecular weight excluding hydrogens is 360 g/mol. The molecule has 1 aromatic heterocycles. The van der Waals surface area contributed by atoms with Gasteiger partial charge in [0.05, 0.1) is 6.54 Å². The number of para-hydroxylation sites is 1. The summed E-state index contributed by atoms with van der Waals surface area (Å²) in [5, 5.41) is 0.615. The molecule has 0 spiro atoms. The fraction of sp³-hybridized carbons (Fsp3) is 0.182. The molecule has 4 nitrogen and oxygen atoms in total. The van der Waals surface area contributed by atoms with Gasteiger partial charge in [-0.15, -0.1) is 0 Å². The summed E-state index contributed by atoms with van der Waals surface area (Å²) in [6.07, 6.45) is 1.68. The first-order valence-electron chi connectivity index (χ1n) is 8.82. The Morgan fingerprint density at radius 3 is 2.56 bits per heavy atom. The number of amides is 1. The summed E-state index contributed by atoms with van der Waals surface area (Å²) >= 11 is 6.03. The number of nitrogens with zero attached hydrogens (tertiary/aromatic N) is 2. The van der Waals surface area contributed by atoms with Crippen LogP contribution in [0.2, 0.25) is 5.02 Å². The highest BCUT2D eigenvalue weighted by Crippen LogP contribution is 2.20. The van der Waals surface area contributed by atoms with Gasteiger partial charge in [-0.2, -0.15) is 0 Å². The van der Waals surface area contributed by atoms with Crippen molar-refractivity contribution in [1.82, 2.24) is 4.57 Å². The highest BCUT2D eigenvalue weighted by molar-refractivity contribution is 6.30. The van der Waals surface area contributed by atoms with Gasteiger partial charge < -0.3 is 9.47 Å². The molecule has 0 saturated heterocycles. The lowest BCUT2D eigenvalue weighted by molar-refractivity contribution is 0.0986. The van der Waals surface area contributed by atoms with E-state index in [4.69, 9.17) is 11.6 Å². The molecule has 0 fully saturated rings. The Morgan fingerprint density at radius 1 is 1.07 bits per heavy atom. The SMILES string of the molecule is CCN(C(=O)c1cccn(Cc2cccc(Cl)c2)c1=O)c1ccccc1C. The number of halogens is 1. The average molecular weight is 381 g/mol. The van der Waals surface area contributed by atoms with Crippen LogP contribution in [0.15, 0.2) is 71.7 Å². The fourth-order valence-corrected chi connectivity index (χ4v) is 3.30. The van der Waals surface area contributed by atoms with Crippen molar-refractivity contribution >= 4 is 23.2 Å². The minimum absolute atomic E-state index is 0.157. The minimum atomic E-state index is -0.311. The Bertz CT molecular complexity index is 1030. The van der Waals surface area contributed by atoms with Crippen LogP contribution in [0.1, 0.15) is 28.4 Å². The van der Waals surface area contributed by atoms with Gasteiger partial charge in [-0.25, -0.2) is 0 Å². The lowest BCUT2D eigenvalue weighted by Gasteiger charge is -2.23. The molecule has 138 valence electrons. The zero-order valence-electron chi connectivity index (χ0n) is 15.4. The molecule has 3 rings (SSSR count). The van der Waals surface area contributed by atoms with Gasteiger partial charge in [0.2, 0.25) is 0 Å². The molecule has 0 aliphatic heterocycles. The normalized spacial score (nSPS) is 10.6. The molecule has 0 N–H and O–H groups in total. The Morgan fingerprint density at radius 2 is 1.85 bits per heavy atom.